The Kier molecular flexibility index (Phi) is 5.21. The second-order valence-corrected chi connectivity index (χ2v) is 4.01. The maximum atomic E-state index is 11.6. The second kappa shape index (κ2) is 6.44. The molecule has 0 aromatic heterocycles. The minimum absolute atomic E-state index is 0.00678. The van der Waals surface area contributed by atoms with E-state index in [4.69, 9.17) is 10.5 Å². The normalized spacial score (nSPS) is 24.3. The van der Waals surface area contributed by atoms with Crippen molar-refractivity contribution in [1.29, 1.82) is 0 Å². The highest BCUT2D eigenvalue weighted by atomic mass is 16.5. The van der Waals surface area contributed by atoms with Crippen LogP contribution in [0.3, 0.4) is 0 Å². The molecule has 1 saturated heterocycles. The summed E-state index contributed by atoms with van der Waals surface area (Å²) in [4.78, 5) is 22.0. The standard InChI is InChI=1S/C10H19N3O3/c1-7-2-3-12-9(7)10(15)13-4-5-16-6-8(11)14/h7,9,12H,2-6H2,1H3,(H2,11,14)(H,13,15). The first-order valence-electron chi connectivity index (χ1n) is 5.48. The maximum absolute atomic E-state index is 11.6. The molecular weight excluding hydrogens is 210 g/mol. The molecule has 1 aliphatic heterocycles. The van der Waals surface area contributed by atoms with Gasteiger partial charge in [-0.2, -0.15) is 0 Å². The molecule has 1 rings (SSSR count). The van der Waals surface area contributed by atoms with Gasteiger partial charge in [-0.05, 0) is 18.9 Å². The molecular formula is C10H19N3O3. The fraction of sp³-hybridized carbons (Fsp3) is 0.800. The summed E-state index contributed by atoms with van der Waals surface area (Å²) in [5.74, 6) is -0.142. The van der Waals surface area contributed by atoms with Crippen LogP contribution in [-0.4, -0.2) is 44.2 Å². The van der Waals surface area contributed by atoms with Crippen molar-refractivity contribution in [3.05, 3.63) is 0 Å². The fourth-order valence-electron chi connectivity index (χ4n) is 1.71. The molecule has 0 spiro atoms. The van der Waals surface area contributed by atoms with Crippen LogP contribution < -0.4 is 16.4 Å². The largest absolute Gasteiger partial charge is 0.370 e. The molecule has 6 nitrogen and oxygen atoms in total. The fourth-order valence-corrected chi connectivity index (χ4v) is 1.71. The second-order valence-electron chi connectivity index (χ2n) is 4.01. The van der Waals surface area contributed by atoms with Crippen molar-refractivity contribution < 1.29 is 14.3 Å². The van der Waals surface area contributed by atoms with Gasteiger partial charge in [0.25, 0.3) is 0 Å². The minimum Gasteiger partial charge on any atom is -0.370 e. The van der Waals surface area contributed by atoms with Gasteiger partial charge in [-0.3, -0.25) is 9.59 Å². The van der Waals surface area contributed by atoms with E-state index in [-0.39, 0.29) is 18.6 Å². The highest BCUT2D eigenvalue weighted by molar-refractivity contribution is 5.82. The molecule has 0 bridgehead atoms. The number of carbonyl (C=O) groups excluding carboxylic acids is 2. The molecule has 2 amide bonds. The lowest BCUT2D eigenvalue weighted by Gasteiger charge is -2.15. The monoisotopic (exact) mass is 229 g/mol. The van der Waals surface area contributed by atoms with E-state index in [9.17, 15) is 9.59 Å². The number of hydrogen-bond acceptors (Lipinski definition) is 4. The van der Waals surface area contributed by atoms with Gasteiger partial charge in [-0.15, -0.1) is 0 Å². The molecule has 4 N–H and O–H groups in total. The molecule has 1 aliphatic rings. The van der Waals surface area contributed by atoms with Gasteiger partial charge >= 0.3 is 0 Å². The number of primary amides is 1. The molecule has 2 atom stereocenters. The first kappa shape index (κ1) is 12.9. The van der Waals surface area contributed by atoms with Gasteiger partial charge in [0.05, 0.1) is 12.6 Å². The highest BCUT2D eigenvalue weighted by Crippen LogP contribution is 2.13. The summed E-state index contributed by atoms with van der Waals surface area (Å²) in [5.41, 5.74) is 4.89. The van der Waals surface area contributed by atoms with E-state index < -0.39 is 5.91 Å². The lowest BCUT2D eigenvalue weighted by Crippen LogP contribution is -2.44. The number of amides is 2. The molecule has 0 aliphatic carbocycles. The Morgan fingerprint density at radius 3 is 2.88 bits per heavy atom. The Morgan fingerprint density at radius 2 is 2.31 bits per heavy atom. The van der Waals surface area contributed by atoms with Gasteiger partial charge in [0.15, 0.2) is 0 Å². The van der Waals surface area contributed by atoms with Gasteiger partial charge in [-0.25, -0.2) is 0 Å². The molecule has 1 heterocycles. The van der Waals surface area contributed by atoms with Crippen LogP contribution in [-0.2, 0) is 14.3 Å². The van der Waals surface area contributed by atoms with Crippen LogP contribution in [0, 0.1) is 5.92 Å². The summed E-state index contributed by atoms with van der Waals surface area (Å²) >= 11 is 0. The van der Waals surface area contributed by atoms with Crippen molar-refractivity contribution in [2.24, 2.45) is 11.7 Å². The average Bonchev–Trinajstić information content (AvgIpc) is 2.63. The van der Waals surface area contributed by atoms with Gasteiger partial charge in [0.2, 0.25) is 11.8 Å². The van der Waals surface area contributed by atoms with Crippen LogP contribution in [0.1, 0.15) is 13.3 Å². The first-order chi connectivity index (χ1) is 7.61. The molecule has 16 heavy (non-hydrogen) atoms. The molecule has 6 heteroatoms. The van der Waals surface area contributed by atoms with Gasteiger partial charge in [0.1, 0.15) is 6.61 Å². The van der Waals surface area contributed by atoms with Gasteiger partial charge in [-0.1, -0.05) is 6.92 Å². The third-order valence-electron chi connectivity index (χ3n) is 2.61. The number of hydrogen-bond donors (Lipinski definition) is 3. The number of nitrogens with two attached hydrogens (primary N) is 1. The lowest BCUT2D eigenvalue weighted by atomic mass is 10.0. The predicted octanol–water partition coefficient (Wildman–Crippen LogP) is -1.40. The van der Waals surface area contributed by atoms with Crippen LogP contribution in [0.25, 0.3) is 0 Å². The van der Waals surface area contributed by atoms with Crippen molar-refractivity contribution >= 4 is 11.8 Å². The Morgan fingerprint density at radius 1 is 1.56 bits per heavy atom. The smallest absolute Gasteiger partial charge is 0.243 e. The lowest BCUT2D eigenvalue weighted by molar-refractivity contribution is -0.124. The van der Waals surface area contributed by atoms with E-state index in [0.717, 1.165) is 13.0 Å². The quantitative estimate of drug-likeness (QED) is 0.488. The van der Waals surface area contributed by atoms with Crippen molar-refractivity contribution in [2.75, 3.05) is 26.3 Å². The Balaban J connectivity index is 2.08. The molecule has 0 aromatic carbocycles. The Bertz CT molecular complexity index is 258. The number of ether oxygens (including phenoxy) is 1. The van der Waals surface area contributed by atoms with Crippen molar-refractivity contribution in [1.82, 2.24) is 10.6 Å². The zero-order valence-corrected chi connectivity index (χ0v) is 9.49. The molecule has 0 saturated carbocycles. The van der Waals surface area contributed by atoms with Crippen LogP contribution in [0.4, 0.5) is 0 Å². The summed E-state index contributed by atoms with van der Waals surface area (Å²) in [6, 6.07) is -0.101. The van der Waals surface area contributed by atoms with E-state index in [2.05, 4.69) is 10.6 Å². The van der Waals surface area contributed by atoms with E-state index in [1.54, 1.807) is 0 Å². The minimum atomic E-state index is -0.502. The van der Waals surface area contributed by atoms with Crippen molar-refractivity contribution in [3.8, 4) is 0 Å². The third-order valence-corrected chi connectivity index (χ3v) is 2.61. The number of nitrogens with one attached hydrogen (secondary N) is 2. The first-order valence-corrected chi connectivity index (χ1v) is 5.48. The van der Waals surface area contributed by atoms with Crippen molar-refractivity contribution in [2.45, 2.75) is 19.4 Å². The highest BCUT2D eigenvalue weighted by Gasteiger charge is 2.28. The topological polar surface area (TPSA) is 93.4 Å². The summed E-state index contributed by atoms with van der Waals surface area (Å²) in [6.45, 7) is 3.53. The maximum Gasteiger partial charge on any atom is 0.243 e. The SMILES string of the molecule is CC1CCNC1C(=O)NCCOCC(N)=O. The Labute approximate surface area is 94.9 Å². The van der Waals surface area contributed by atoms with Gasteiger partial charge in [0, 0.05) is 6.54 Å². The Hall–Kier alpha value is -1.14. The molecule has 0 aromatic rings. The molecule has 1 fully saturated rings. The zero-order valence-electron chi connectivity index (χ0n) is 9.49. The van der Waals surface area contributed by atoms with Crippen LogP contribution >= 0.6 is 0 Å². The molecule has 2 unspecified atom stereocenters. The van der Waals surface area contributed by atoms with Crippen LogP contribution in [0.5, 0.6) is 0 Å². The summed E-state index contributed by atoms with van der Waals surface area (Å²) in [5, 5.41) is 5.89. The van der Waals surface area contributed by atoms with Crippen LogP contribution in [0.15, 0.2) is 0 Å². The average molecular weight is 229 g/mol. The van der Waals surface area contributed by atoms with E-state index in [1.807, 2.05) is 6.92 Å². The summed E-state index contributed by atoms with van der Waals surface area (Å²) < 4.78 is 4.93. The predicted molar refractivity (Wildman–Crippen MR) is 58.6 cm³/mol. The van der Waals surface area contributed by atoms with E-state index >= 15 is 0 Å². The molecule has 0 radical (unpaired) electrons. The van der Waals surface area contributed by atoms with Crippen molar-refractivity contribution in [3.63, 3.8) is 0 Å². The summed E-state index contributed by atoms with van der Waals surface area (Å²) in [6.07, 6.45) is 1.02. The van der Waals surface area contributed by atoms with E-state index in [1.165, 1.54) is 0 Å². The van der Waals surface area contributed by atoms with Gasteiger partial charge < -0.3 is 21.1 Å². The zero-order chi connectivity index (χ0) is 12.0. The number of carbonyl (C=O) groups is 2. The van der Waals surface area contributed by atoms with Crippen LogP contribution in [0.2, 0.25) is 0 Å². The van der Waals surface area contributed by atoms with E-state index in [0.29, 0.717) is 19.1 Å². The summed E-state index contributed by atoms with van der Waals surface area (Å²) in [7, 11) is 0. The third kappa shape index (κ3) is 4.16. The number of rotatable bonds is 6. The molecule has 92 valence electrons.